The normalized spacial score (nSPS) is 12.5. The minimum absolute atomic E-state index is 0.275. The zero-order valence-electron chi connectivity index (χ0n) is 8.86. The van der Waals surface area contributed by atoms with Gasteiger partial charge in [-0.15, -0.1) is 0 Å². The van der Waals surface area contributed by atoms with Crippen LogP contribution in [-0.2, 0) is 6.42 Å². The fraction of sp³-hybridized carbons (Fsp3) is 0.500. The van der Waals surface area contributed by atoms with Gasteiger partial charge in [-0.3, -0.25) is 0 Å². The molecule has 1 N–H and O–H groups in total. The molecule has 14 heavy (non-hydrogen) atoms. The van der Waals surface area contributed by atoms with Crippen LogP contribution in [-0.4, -0.2) is 18.8 Å². The molecular weight excluding hydrogens is 176 g/mol. The lowest BCUT2D eigenvalue weighted by Crippen LogP contribution is -2.02. The fourth-order valence-electron chi connectivity index (χ4n) is 1.49. The number of benzene rings is 1. The second-order valence-corrected chi connectivity index (χ2v) is 3.67. The van der Waals surface area contributed by atoms with Crippen molar-refractivity contribution >= 4 is 0 Å². The molecule has 0 bridgehead atoms. The Morgan fingerprint density at radius 1 is 1.29 bits per heavy atom. The van der Waals surface area contributed by atoms with Crippen LogP contribution in [0.25, 0.3) is 0 Å². The van der Waals surface area contributed by atoms with Gasteiger partial charge in [-0.1, -0.05) is 19.1 Å². The van der Waals surface area contributed by atoms with E-state index in [0.29, 0.717) is 5.92 Å². The maximum Gasteiger partial charge on any atom is 0.118 e. The number of aliphatic hydroxyl groups is 1. The predicted molar refractivity (Wildman–Crippen MR) is 57.6 cm³/mol. The molecule has 0 saturated heterocycles. The van der Waals surface area contributed by atoms with Gasteiger partial charge in [0.2, 0.25) is 0 Å². The quantitative estimate of drug-likeness (QED) is 0.779. The maximum absolute atomic E-state index is 8.78. The highest BCUT2D eigenvalue weighted by Gasteiger charge is 2.02. The van der Waals surface area contributed by atoms with E-state index in [0.717, 1.165) is 18.6 Å². The van der Waals surface area contributed by atoms with E-state index in [-0.39, 0.29) is 6.61 Å². The van der Waals surface area contributed by atoms with Gasteiger partial charge < -0.3 is 9.84 Å². The van der Waals surface area contributed by atoms with Crippen LogP contribution in [0.4, 0.5) is 0 Å². The molecule has 1 aromatic rings. The summed E-state index contributed by atoms with van der Waals surface area (Å²) in [6, 6.07) is 8.10. The first-order valence-corrected chi connectivity index (χ1v) is 5.00. The molecule has 0 fully saturated rings. The lowest BCUT2D eigenvalue weighted by Gasteiger charge is -2.09. The Morgan fingerprint density at radius 2 is 1.93 bits per heavy atom. The van der Waals surface area contributed by atoms with Crippen molar-refractivity contribution in [2.75, 3.05) is 13.7 Å². The van der Waals surface area contributed by atoms with Crippen LogP contribution in [0.5, 0.6) is 5.75 Å². The Bertz CT molecular complexity index is 254. The Labute approximate surface area is 85.5 Å². The summed E-state index contributed by atoms with van der Waals surface area (Å²) >= 11 is 0. The molecule has 0 aromatic heterocycles. The van der Waals surface area contributed by atoms with Crippen LogP contribution in [0.15, 0.2) is 24.3 Å². The summed E-state index contributed by atoms with van der Waals surface area (Å²) in [6.45, 7) is 2.43. The average molecular weight is 194 g/mol. The summed E-state index contributed by atoms with van der Waals surface area (Å²) in [4.78, 5) is 0. The second-order valence-electron chi connectivity index (χ2n) is 3.67. The molecule has 1 rings (SSSR count). The van der Waals surface area contributed by atoms with Crippen molar-refractivity contribution in [1.82, 2.24) is 0 Å². The molecule has 0 aliphatic carbocycles. The molecule has 2 heteroatoms. The largest absolute Gasteiger partial charge is 0.497 e. The van der Waals surface area contributed by atoms with E-state index in [1.54, 1.807) is 7.11 Å². The van der Waals surface area contributed by atoms with Crippen LogP contribution < -0.4 is 4.74 Å². The van der Waals surface area contributed by atoms with Crippen LogP contribution in [0.1, 0.15) is 18.9 Å². The SMILES string of the molecule is COc1ccc(CC(C)CCO)cc1. The van der Waals surface area contributed by atoms with Gasteiger partial charge >= 0.3 is 0 Å². The average Bonchev–Trinajstić information content (AvgIpc) is 2.19. The predicted octanol–water partition coefficient (Wildman–Crippen LogP) is 2.26. The van der Waals surface area contributed by atoms with Gasteiger partial charge in [-0.05, 0) is 36.5 Å². The van der Waals surface area contributed by atoms with Gasteiger partial charge in [-0.25, -0.2) is 0 Å². The van der Waals surface area contributed by atoms with Gasteiger partial charge in [0.05, 0.1) is 7.11 Å². The zero-order valence-corrected chi connectivity index (χ0v) is 8.86. The number of hydrogen-bond donors (Lipinski definition) is 1. The molecule has 1 atom stereocenters. The van der Waals surface area contributed by atoms with Crippen molar-refractivity contribution in [3.63, 3.8) is 0 Å². The molecule has 0 spiro atoms. The first-order valence-electron chi connectivity index (χ1n) is 5.00. The molecule has 0 aliphatic heterocycles. The summed E-state index contributed by atoms with van der Waals surface area (Å²) < 4.78 is 5.08. The smallest absolute Gasteiger partial charge is 0.118 e. The van der Waals surface area contributed by atoms with E-state index < -0.39 is 0 Å². The van der Waals surface area contributed by atoms with E-state index >= 15 is 0 Å². The first kappa shape index (κ1) is 11.1. The summed E-state index contributed by atoms with van der Waals surface area (Å²) in [5, 5.41) is 8.78. The Kier molecular flexibility index (Phi) is 4.47. The standard InChI is InChI=1S/C12H18O2/c1-10(7-8-13)9-11-3-5-12(14-2)6-4-11/h3-6,10,13H,7-9H2,1-2H3. The van der Waals surface area contributed by atoms with E-state index in [2.05, 4.69) is 19.1 Å². The van der Waals surface area contributed by atoms with Gasteiger partial charge in [0.25, 0.3) is 0 Å². The van der Waals surface area contributed by atoms with Gasteiger partial charge in [0.1, 0.15) is 5.75 Å². The van der Waals surface area contributed by atoms with Crippen LogP contribution in [0.3, 0.4) is 0 Å². The second kappa shape index (κ2) is 5.66. The van der Waals surface area contributed by atoms with Crippen LogP contribution in [0.2, 0.25) is 0 Å². The fourth-order valence-corrected chi connectivity index (χ4v) is 1.49. The third-order valence-electron chi connectivity index (χ3n) is 2.37. The molecule has 78 valence electrons. The Balaban J connectivity index is 2.50. The third-order valence-corrected chi connectivity index (χ3v) is 2.37. The first-order chi connectivity index (χ1) is 6.76. The molecule has 1 unspecified atom stereocenters. The molecule has 0 heterocycles. The number of rotatable bonds is 5. The van der Waals surface area contributed by atoms with Crippen molar-refractivity contribution in [1.29, 1.82) is 0 Å². The third kappa shape index (κ3) is 3.38. The molecule has 2 nitrogen and oxygen atoms in total. The Hall–Kier alpha value is -1.02. The molecule has 0 amide bonds. The van der Waals surface area contributed by atoms with Crippen molar-refractivity contribution in [3.05, 3.63) is 29.8 Å². The molecule has 0 radical (unpaired) electrons. The number of aliphatic hydroxyl groups excluding tert-OH is 1. The number of ether oxygens (including phenoxy) is 1. The summed E-state index contributed by atoms with van der Waals surface area (Å²) in [5.41, 5.74) is 1.30. The van der Waals surface area contributed by atoms with Crippen molar-refractivity contribution < 1.29 is 9.84 Å². The highest BCUT2D eigenvalue weighted by molar-refractivity contribution is 5.27. The summed E-state index contributed by atoms with van der Waals surface area (Å²) in [7, 11) is 1.67. The number of hydrogen-bond acceptors (Lipinski definition) is 2. The maximum atomic E-state index is 8.78. The summed E-state index contributed by atoms with van der Waals surface area (Å²) in [6.07, 6.45) is 1.89. The molecule has 0 aliphatic rings. The van der Waals surface area contributed by atoms with E-state index in [4.69, 9.17) is 9.84 Å². The van der Waals surface area contributed by atoms with Gasteiger partial charge in [0, 0.05) is 6.61 Å². The van der Waals surface area contributed by atoms with Crippen molar-refractivity contribution in [2.45, 2.75) is 19.8 Å². The van der Waals surface area contributed by atoms with Crippen molar-refractivity contribution in [2.24, 2.45) is 5.92 Å². The van der Waals surface area contributed by atoms with Crippen LogP contribution in [0, 0.1) is 5.92 Å². The minimum Gasteiger partial charge on any atom is -0.497 e. The molecular formula is C12H18O2. The highest BCUT2D eigenvalue weighted by atomic mass is 16.5. The van der Waals surface area contributed by atoms with Gasteiger partial charge in [-0.2, -0.15) is 0 Å². The zero-order chi connectivity index (χ0) is 10.4. The lowest BCUT2D eigenvalue weighted by molar-refractivity contribution is 0.262. The van der Waals surface area contributed by atoms with Crippen LogP contribution >= 0.6 is 0 Å². The van der Waals surface area contributed by atoms with Crippen molar-refractivity contribution in [3.8, 4) is 5.75 Å². The minimum atomic E-state index is 0.275. The lowest BCUT2D eigenvalue weighted by atomic mass is 9.98. The van der Waals surface area contributed by atoms with Gasteiger partial charge in [0.15, 0.2) is 0 Å². The topological polar surface area (TPSA) is 29.5 Å². The Morgan fingerprint density at radius 3 is 2.43 bits per heavy atom. The molecule has 0 saturated carbocycles. The van der Waals surface area contributed by atoms with E-state index in [1.807, 2.05) is 12.1 Å². The highest BCUT2D eigenvalue weighted by Crippen LogP contribution is 2.15. The van der Waals surface area contributed by atoms with E-state index in [9.17, 15) is 0 Å². The monoisotopic (exact) mass is 194 g/mol. The summed E-state index contributed by atoms with van der Waals surface area (Å²) in [5.74, 6) is 1.43. The van der Waals surface area contributed by atoms with E-state index in [1.165, 1.54) is 5.56 Å². The number of methoxy groups -OCH3 is 1. The molecule has 1 aromatic carbocycles.